The molecule has 0 amide bonds. The number of likely N-dealkylation sites (tertiary alicyclic amines) is 2. The van der Waals surface area contributed by atoms with E-state index in [1.807, 2.05) is 7.05 Å². The molecule has 0 aromatic carbocycles. The van der Waals surface area contributed by atoms with Gasteiger partial charge in [-0.1, -0.05) is 27.2 Å². The Morgan fingerprint density at radius 2 is 1.96 bits per heavy atom. The fourth-order valence-electron chi connectivity index (χ4n) is 4.60. The van der Waals surface area contributed by atoms with E-state index in [2.05, 4.69) is 46.2 Å². The second-order valence-corrected chi connectivity index (χ2v) is 8.64. The van der Waals surface area contributed by atoms with Crippen LogP contribution in [0.3, 0.4) is 0 Å². The summed E-state index contributed by atoms with van der Waals surface area (Å²) in [6.45, 7) is 15.1. The fourth-order valence-corrected chi connectivity index (χ4v) is 4.60. The van der Waals surface area contributed by atoms with Gasteiger partial charge in [-0.05, 0) is 57.0 Å². The second-order valence-electron chi connectivity index (χ2n) is 8.64. The van der Waals surface area contributed by atoms with Crippen molar-refractivity contribution in [1.82, 2.24) is 20.4 Å². The molecule has 2 aliphatic heterocycles. The van der Waals surface area contributed by atoms with Gasteiger partial charge in [-0.15, -0.1) is 0 Å². The smallest absolute Gasteiger partial charge is 0.191 e. The largest absolute Gasteiger partial charge is 0.356 e. The first-order valence-electron chi connectivity index (χ1n) is 11.0. The lowest BCUT2D eigenvalue weighted by Crippen LogP contribution is -2.48. The lowest BCUT2D eigenvalue weighted by Gasteiger charge is -2.35. The summed E-state index contributed by atoms with van der Waals surface area (Å²) in [7, 11) is 1.89. The minimum Gasteiger partial charge on any atom is -0.356 e. The highest BCUT2D eigenvalue weighted by molar-refractivity contribution is 5.79. The number of hydrogen-bond donors (Lipinski definition) is 2. The molecule has 152 valence electrons. The van der Waals surface area contributed by atoms with E-state index in [1.165, 1.54) is 64.7 Å². The van der Waals surface area contributed by atoms with Gasteiger partial charge in [0.1, 0.15) is 0 Å². The van der Waals surface area contributed by atoms with Crippen LogP contribution >= 0.6 is 0 Å². The van der Waals surface area contributed by atoms with Crippen LogP contribution in [0, 0.1) is 11.8 Å². The van der Waals surface area contributed by atoms with Crippen molar-refractivity contribution in [2.24, 2.45) is 16.8 Å². The molecule has 2 aliphatic rings. The van der Waals surface area contributed by atoms with Gasteiger partial charge < -0.3 is 15.5 Å². The standard InChI is InChI=1S/C21H43N5/c1-5-20-10-6-7-13-26(20)14-11-23-21(22-4)24-15-19-9-8-12-25(17-19)16-18(2)3/h18-20H,5-17H2,1-4H3,(H2,22,23,24). The first-order valence-corrected chi connectivity index (χ1v) is 11.0. The zero-order chi connectivity index (χ0) is 18.8. The van der Waals surface area contributed by atoms with Gasteiger partial charge >= 0.3 is 0 Å². The zero-order valence-corrected chi connectivity index (χ0v) is 17.8. The van der Waals surface area contributed by atoms with Crippen LogP contribution in [-0.2, 0) is 0 Å². The van der Waals surface area contributed by atoms with E-state index >= 15 is 0 Å². The van der Waals surface area contributed by atoms with E-state index in [0.29, 0.717) is 0 Å². The number of piperidine rings is 2. The molecule has 2 fully saturated rings. The lowest BCUT2D eigenvalue weighted by molar-refractivity contribution is 0.146. The molecule has 5 heteroatoms. The van der Waals surface area contributed by atoms with Gasteiger partial charge in [-0.2, -0.15) is 0 Å². The molecule has 0 aromatic heterocycles. The number of nitrogens with zero attached hydrogens (tertiary/aromatic N) is 3. The Hall–Kier alpha value is -0.810. The predicted octanol–water partition coefficient (Wildman–Crippen LogP) is 2.78. The summed E-state index contributed by atoms with van der Waals surface area (Å²) in [5.74, 6) is 2.47. The van der Waals surface area contributed by atoms with Crippen molar-refractivity contribution in [3.8, 4) is 0 Å². The van der Waals surface area contributed by atoms with Crippen molar-refractivity contribution in [2.45, 2.75) is 65.3 Å². The number of guanidine groups is 1. The molecule has 2 saturated heterocycles. The number of nitrogens with one attached hydrogen (secondary N) is 2. The summed E-state index contributed by atoms with van der Waals surface area (Å²) in [6.07, 6.45) is 8.08. The SMILES string of the molecule is CCC1CCCCN1CCNC(=NC)NCC1CCCN(CC(C)C)C1. The molecule has 5 nitrogen and oxygen atoms in total. The van der Waals surface area contributed by atoms with Crippen LogP contribution in [-0.4, -0.2) is 74.7 Å². The molecule has 0 saturated carbocycles. The summed E-state index contributed by atoms with van der Waals surface area (Å²) in [5, 5.41) is 7.10. The molecule has 26 heavy (non-hydrogen) atoms. The Morgan fingerprint density at radius 3 is 2.69 bits per heavy atom. The Balaban J connectivity index is 1.66. The average molecular weight is 366 g/mol. The van der Waals surface area contributed by atoms with Crippen molar-refractivity contribution in [2.75, 3.05) is 52.9 Å². The third-order valence-electron chi connectivity index (χ3n) is 5.92. The molecule has 2 rings (SSSR count). The molecule has 0 aromatic rings. The first-order chi connectivity index (χ1) is 12.6. The molecule has 0 bridgehead atoms. The molecule has 2 atom stereocenters. The Bertz CT molecular complexity index is 409. The molecule has 2 heterocycles. The van der Waals surface area contributed by atoms with E-state index in [0.717, 1.165) is 43.5 Å². The van der Waals surface area contributed by atoms with Gasteiger partial charge in [0.05, 0.1) is 0 Å². The van der Waals surface area contributed by atoms with Gasteiger partial charge in [-0.25, -0.2) is 0 Å². The number of rotatable bonds is 8. The van der Waals surface area contributed by atoms with Crippen LogP contribution in [0.25, 0.3) is 0 Å². The highest BCUT2D eigenvalue weighted by Crippen LogP contribution is 2.19. The summed E-state index contributed by atoms with van der Waals surface area (Å²) in [4.78, 5) is 9.72. The van der Waals surface area contributed by atoms with Crippen molar-refractivity contribution >= 4 is 5.96 Å². The molecular weight excluding hydrogens is 322 g/mol. The van der Waals surface area contributed by atoms with Crippen LogP contribution in [0.15, 0.2) is 4.99 Å². The maximum atomic E-state index is 4.42. The van der Waals surface area contributed by atoms with Crippen molar-refractivity contribution < 1.29 is 0 Å². The van der Waals surface area contributed by atoms with Gasteiger partial charge in [0.15, 0.2) is 5.96 Å². The quantitative estimate of drug-likeness (QED) is 0.513. The van der Waals surface area contributed by atoms with Gasteiger partial charge in [0, 0.05) is 45.8 Å². The average Bonchev–Trinajstić information content (AvgIpc) is 2.64. The molecule has 2 unspecified atom stereocenters. The molecule has 0 aliphatic carbocycles. The minimum absolute atomic E-state index is 0.743. The first kappa shape index (κ1) is 21.5. The minimum atomic E-state index is 0.743. The molecule has 0 radical (unpaired) electrons. The maximum absolute atomic E-state index is 4.42. The number of hydrogen-bond acceptors (Lipinski definition) is 3. The van der Waals surface area contributed by atoms with Crippen LogP contribution in [0.1, 0.15) is 59.3 Å². The monoisotopic (exact) mass is 365 g/mol. The van der Waals surface area contributed by atoms with Crippen LogP contribution in [0.4, 0.5) is 0 Å². The molecular formula is C21H43N5. The molecule has 0 spiro atoms. The Morgan fingerprint density at radius 1 is 1.12 bits per heavy atom. The number of aliphatic imine (C=N–C) groups is 1. The maximum Gasteiger partial charge on any atom is 0.191 e. The van der Waals surface area contributed by atoms with E-state index in [-0.39, 0.29) is 0 Å². The van der Waals surface area contributed by atoms with Gasteiger partial charge in [-0.3, -0.25) is 9.89 Å². The van der Waals surface area contributed by atoms with Gasteiger partial charge in [0.25, 0.3) is 0 Å². The van der Waals surface area contributed by atoms with Crippen molar-refractivity contribution in [3.63, 3.8) is 0 Å². The summed E-state index contributed by atoms with van der Waals surface area (Å²) in [5.41, 5.74) is 0. The van der Waals surface area contributed by atoms with E-state index in [9.17, 15) is 0 Å². The normalized spacial score (nSPS) is 26.3. The third-order valence-corrected chi connectivity index (χ3v) is 5.92. The van der Waals surface area contributed by atoms with Gasteiger partial charge in [0.2, 0.25) is 0 Å². The Kier molecular flexibility index (Phi) is 9.76. The van der Waals surface area contributed by atoms with Crippen LogP contribution < -0.4 is 10.6 Å². The zero-order valence-electron chi connectivity index (χ0n) is 17.8. The summed E-state index contributed by atoms with van der Waals surface area (Å²) >= 11 is 0. The topological polar surface area (TPSA) is 42.9 Å². The lowest BCUT2D eigenvalue weighted by atomic mass is 9.97. The van der Waals surface area contributed by atoms with E-state index in [4.69, 9.17) is 0 Å². The fraction of sp³-hybridized carbons (Fsp3) is 0.952. The predicted molar refractivity (Wildman–Crippen MR) is 113 cm³/mol. The Labute approximate surface area is 162 Å². The second kappa shape index (κ2) is 11.8. The summed E-state index contributed by atoms with van der Waals surface area (Å²) < 4.78 is 0. The van der Waals surface area contributed by atoms with Crippen molar-refractivity contribution in [1.29, 1.82) is 0 Å². The highest BCUT2D eigenvalue weighted by atomic mass is 15.2. The molecule has 2 N–H and O–H groups in total. The van der Waals surface area contributed by atoms with Crippen LogP contribution in [0.5, 0.6) is 0 Å². The summed E-state index contributed by atoms with van der Waals surface area (Å²) in [6, 6.07) is 0.787. The van der Waals surface area contributed by atoms with E-state index in [1.54, 1.807) is 0 Å². The van der Waals surface area contributed by atoms with Crippen molar-refractivity contribution in [3.05, 3.63) is 0 Å². The van der Waals surface area contributed by atoms with Crippen LogP contribution in [0.2, 0.25) is 0 Å². The highest BCUT2D eigenvalue weighted by Gasteiger charge is 2.21. The van der Waals surface area contributed by atoms with E-state index < -0.39 is 0 Å². The third kappa shape index (κ3) is 7.43.